The van der Waals surface area contributed by atoms with Gasteiger partial charge < -0.3 is 4.74 Å². The molecule has 2 nitrogen and oxygen atoms in total. The Balaban J connectivity index is 2.25. The van der Waals surface area contributed by atoms with Gasteiger partial charge >= 0.3 is 5.97 Å². The van der Waals surface area contributed by atoms with Crippen molar-refractivity contribution in [2.45, 2.75) is 110 Å². The molecular weight excluding hydrogens is 272 g/mol. The number of rotatable bonds is 12. The van der Waals surface area contributed by atoms with Crippen LogP contribution in [0.2, 0.25) is 0 Å². The molecule has 0 aromatic carbocycles. The zero-order chi connectivity index (χ0) is 16.2. The van der Waals surface area contributed by atoms with E-state index in [-0.39, 0.29) is 12.1 Å². The third-order valence-electron chi connectivity index (χ3n) is 5.26. The molecule has 22 heavy (non-hydrogen) atoms. The summed E-state index contributed by atoms with van der Waals surface area (Å²) in [5, 5.41) is 0. The molecule has 1 aliphatic carbocycles. The SMILES string of the molecule is CCCCCCC(=O)OC1CCCC1C(C)CCCCCC. The second-order valence-electron chi connectivity index (χ2n) is 7.26. The fraction of sp³-hybridized carbons (Fsp3) is 0.950. The molecule has 0 aromatic rings. The van der Waals surface area contributed by atoms with Gasteiger partial charge in [-0.05, 0) is 37.5 Å². The standard InChI is InChI=1S/C20H38O2/c1-4-6-8-10-13-17(3)18-14-12-15-19(18)22-20(21)16-11-9-7-5-2/h17-19H,4-16H2,1-3H3. The van der Waals surface area contributed by atoms with E-state index in [1.807, 2.05) is 0 Å². The number of carbonyl (C=O) groups excluding carboxylic acids is 1. The Bertz CT molecular complexity index is 287. The van der Waals surface area contributed by atoms with E-state index in [1.54, 1.807) is 0 Å². The Hall–Kier alpha value is -0.530. The van der Waals surface area contributed by atoms with Crippen LogP contribution < -0.4 is 0 Å². The monoisotopic (exact) mass is 310 g/mol. The van der Waals surface area contributed by atoms with Gasteiger partial charge in [-0.1, -0.05) is 72.1 Å². The van der Waals surface area contributed by atoms with E-state index in [0.29, 0.717) is 18.3 Å². The largest absolute Gasteiger partial charge is 0.462 e. The van der Waals surface area contributed by atoms with Crippen molar-refractivity contribution in [3.05, 3.63) is 0 Å². The summed E-state index contributed by atoms with van der Waals surface area (Å²) in [5.41, 5.74) is 0. The molecule has 0 aliphatic heterocycles. The summed E-state index contributed by atoms with van der Waals surface area (Å²) in [6, 6.07) is 0. The Morgan fingerprint density at radius 2 is 1.68 bits per heavy atom. The summed E-state index contributed by atoms with van der Waals surface area (Å²) in [6.07, 6.45) is 15.7. The molecule has 0 spiro atoms. The normalized spacial score (nSPS) is 22.7. The van der Waals surface area contributed by atoms with Gasteiger partial charge in [0.2, 0.25) is 0 Å². The molecule has 0 aromatic heterocycles. The predicted octanol–water partition coefficient (Wildman–Crippen LogP) is 6.28. The highest BCUT2D eigenvalue weighted by Gasteiger charge is 2.33. The highest BCUT2D eigenvalue weighted by atomic mass is 16.5. The van der Waals surface area contributed by atoms with Crippen LogP contribution in [-0.2, 0) is 9.53 Å². The first-order valence-electron chi connectivity index (χ1n) is 9.88. The summed E-state index contributed by atoms with van der Waals surface area (Å²) in [5.74, 6) is 1.37. The molecule has 3 atom stereocenters. The third-order valence-corrected chi connectivity index (χ3v) is 5.26. The predicted molar refractivity (Wildman–Crippen MR) is 93.9 cm³/mol. The van der Waals surface area contributed by atoms with Crippen molar-refractivity contribution in [1.82, 2.24) is 0 Å². The fourth-order valence-corrected chi connectivity index (χ4v) is 3.78. The van der Waals surface area contributed by atoms with Gasteiger partial charge in [-0.25, -0.2) is 0 Å². The lowest BCUT2D eigenvalue weighted by atomic mass is 9.86. The van der Waals surface area contributed by atoms with Crippen LogP contribution in [0.3, 0.4) is 0 Å². The Labute approximate surface area is 138 Å². The molecule has 1 saturated carbocycles. The van der Waals surface area contributed by atoms with Crippen molar-refractivity contribution in [2.24, 2.45) is 11.8 Å². The highest BCUT2D eigenvalue weighted by molar-refractivity contribution is 5.69. The number of unbranched alkanes of at least 4 members (excludes halogenated alkanes) is 6. The van der Waals surface area contributed by atoms with E-state index >= 15 is 0 Å². The van der Waals surface area contributed by atoms with Crippen molar-refractivity contribution >= 4 is 5.97 Å². The van der Waals surface area contributed by atoms with Crippen LogP contribution >= 0.6 is 0 Å². The maximum Gasteiger partial charge on any atom is 0.306 e. The molecule has 0 N–H and O–H groups in total. The first-order chi connectivity index (χ1) is 10.7. The molecule has 0 amide bonds. The van der Waals surface area contributed by atoms with Gasteiger partial charge in [-0.2, -0.15) is 0 Å². The fourth-order valence-electron chi connectivity index (χ4n) is 3.78. The van der Waals surface area contributed by atoms with Gasteiger partial charge in [0, 0.05) is 6.42 Å². The Morgan fingerprint density at radius 1 is 1.00 bits per heavy atom. The Morgan fingerprint density at radius 3 is 2.36 bits per heavy atom. The van der Waals surface area contributed by atoms with Gasteiger partial charge in [0.05, 0.1) is 0 Å². The lowest BCUT2D eigenvalue weighted by Gasteiger charge is -2.26. The van der Waals surface area contributed by atoms with Crippen molar-refractivity contribution in [3.63, 3.8) is 0 Å². The molecule has 2 heteroatoms. The van der Waals surface area contributed by atoms with Crippen LogP contribution in [0.25, 0.3) is 0 Å². The Kier molecular flexibility index (Phi) is 10.6. The quantitative estimate of drug-likeness (QED) is 0.313. The number of esters is 1. The summed E-state index contributed by atoms with van der Waals surface area (Å²) in [6.45, 7) is 6.82. The van der Waals surface area contributed by atoms with Crippen LogP contribution in [0.15, 0.2) is 0 Å². The molecule has 0 radical (unpaired) electrons. The van der Waals surface area contributed by atoms with E-state index in [4.69, 9.17) is 4.74 Å². The number of ether oxygens (including phenoxy) is 1. The molecule has 0 bridgehead atoms. The number of hydrogen-bond donors (Lipinski definition) is 0. The molecule has 1 fully saturated rings. The van der Waals surface area contributed by atoms with Crippen molar-refractivity contribution < 1.29 is 9.53 Å². The number of carbonyl (C=O) groups is 1. The smallest absolute Gasteiger partial charge is 0.306 e. The topological polar surface area (TPSA) is 26.3 Å². The second-order valence-corrected chi connectivity index (χ2v) is 7.26. The number of hydrogen-bond acceptors (Lipinski definition) is 2. The van der Waals surface area contributed by atoms with Crippen molar-refractivity contribution in [1.29, 1.82) is 0 Å². The zero-order valence-electron chi connectivity index (χ0n) is 15.2. The average Bonchev–Trinajstić information content (AvgIpc) is 2.96. The van der Waals surface area contributed by atoms with Crippen LogP contribution in [0.4, 0.5) is 0 Å². The minimum atomic E-state index is 0.0474. The lowest BCUT2D eigenvalue weighted by Crippen LogP contribution is -2.26. The minimum Gasteiger partial charge on any atom is -0.462 e. The summed E-state index contributed by atoms with van der Waals surface area (Å²) in [7, 11) is 0. The van der Waals surface area contributed by atoms with Crippen molar-refractivity contribution in [3.8, 4) is 0 Å². The maximum atomic E-state index is 12.0. The van der Waals surface area contributed by atoms with Gasteiger partial charge in [0.1, 0.15) is 6.10 Å². The van der Waals surface area contributed by atoms with Crippen LogP contribution in [-0.4, -0.2) is 12.1 Å². The van der Waals surface area contributed by atoms with E-state index in [0.717, 1.165) is 19.3 Å². The van der Waals surface area contributed by atoms with E-state index in [2.05, 4.69) is 20.8 Å². The molecule has 130 valence electrons. The van der Waals surface area contributed by atoms with Gasteiger partial charge in [-0.3, -0.25) is 4.79 Å². The van der Waals surface area contributed by atoms with Crippen molar-refractivity contribution in [2.75, 3.05) is 0 Å². The van der Waals surface area contributed by atoms with Crippen LogP contribution in [0.1, 0.15) is 104 Å². The zero-order valence-corrected chi connectivity index (χ0v) is 15.2. The third kappa shape index (κ3) is 7.65. The molecular formula is C20H38O2. The minimum absolute atomic E-state index is 0.0474. The van der Waals surface area contributed by atoms with Crippen LogP contribution in [0, 0.1) is 11.8 Å². The summed E-state index contributed by atoms with van der Waals surface area (Å²) in [4.78, 5) is 12.0. The maximum absolute atomic E-state index is 12.0. The highest BCUT2D eigenvalue weighted by Crippen LogP contribution is 2.36. The van der Waals surface area contributed by atoms with Gasteiger partial charge in [-0.15, -0.1) is 0 Å². The van der Waals surface area contributed by atoms with E-state index in [1.165, 1.54) is 57.8 Å². The molecule has 3 unspecified atom stereocenters. The molecule has 1 aliphatic rings. The van der Waals surface area contributed by atoms with Crippen LogP contribution in [0.5, 0.6) is 0 Å². The molecule has 0 heterocycles. The van der Waals surface area contributed by atoms with E-state index < -0.39 is 0 Å². The second kappa shape index (κ2) is 12.0. The summed E-state index contributed by atoms with van der Waals surface area (Å²) < 4.78 is 5.81. The summed E-state index contributed by atoms with van der Waals surface area (Å²) >= 11 is 0. The molecule has 0 saturated heterocycles. The first-order valence-corrected chi connectivity index (χ1v) is 9.88. The van der Waals surface area contributed by atoms with Gasteiger partial charge in [0.25, 0.3) is 0 Å². The average molecular weight is 311 g/mol. The first kappa shape index (κ1) is 19.5. The molecule has 1 rings (SSSR count). The van der Waals surface area contributed by atoms with E-state index in [9.17, 15) is 4.79 Å². The lowest BCUT2D eigenvalue weighted by molar-refractivity contribution is -0.151. The van der Waals surface area contributed by atoms with Gasteiger partial charge in [0.15, 0.2) is 0 Å².